The highest BCUT2D eigenvalue weighted by Crippen LogP contribution is 2.30. The fourth-order valence-electron chi connectivity index (χ4n) is 4.11. The number of anilines is 2. The molecule has 1 aliphatic rings. The van der Waals surface area contributed by atoms with Gasteiger partial charge in [-0.2, -0.15) is 13.2 Å². The Morgan fingerprint density at radius 3 is 2.44 bits per heavy atom. The van der Waals surface area contributed by atoms with E-state index >= 15 is 0 Å². The second-order valence-electron chi connectivity index (χ2n) is 8.71. The number of morpholine rings is 1. The van der Waals surface area contributed by atoms with Crippen LogP contribution in [0, 0.1) is 11.6 Å². The molecule has 1 N–H and O–H groups in total. The van der Waals surface area contributed by atoms with Gasteiger partial charge in [-0.05, 0) is 42.5 Å². The molecule has 1 amide bonds. The SMILES string of the molecule is O=C(Nc1cc(F)c(F)c(C(=O)c2ccc3ncc(N4CCOCC4)nc3c2)c1)c1cccc(C(F)(F)F)c1. The monoisotopic (exact) mass is 542 g/mol. The van der Waals surface area contributed by atoms with E-state index in [1.807, 2.05) is 4.90 Å². The predicted molar refractivity (Wildman–Crippen MR) is 132 cm³/mol. The van der Waals surface area contributed by atoms with Gasteiger partial charge in [0.05, 0.1) is 41.6 Å². The molecular weight excluding hydrogens is 523 g/mol. The quantitative estimate of drug-likeness (QED) is 0.274. The Bertz CT molecular complexity index is 1590. The van der Waals surface area contributed by atoms with E-state index in [0.29, 0.717) is 55.3 Å². The zero-order chi connectivity index (χ0) is 27.7. The van der Waals surface area contributed by atoms with Crippen LogP contribution in [0.2, 0.25) is 0 Å². The van der Waals surface area contributed by atoms with Gasteiger partial charge in [0.15, 0.2) is 17.4 Å². The zero-order valence-electron chi connectivity index (χ0n) is 20.1. The summed E-state index contributed by atoms with van der Waals surface area (Å²) in [5.41, 5.74) is -1.55. The number of alkyl halides is 3. The van der Waals surface area contributed by atoms with Crippen LogP contribution < -0.4 is 10.2 Å². The van der Waals surface area contributed by atoms with Gasteiger partial charge in [0.25, 0.3) is 5.91 Å². The minimum atomic E-state index is -4.68. The van der Waals surface area contributed by atoms with Crippen LogP contribution in [0.1, 0.15) is 31.8 Å². The molecule has 0 radical (unpaired) electrons. The summed E-state index contributed by atoms with van der Waals surface area (Å²) >= 11 is 0. The lowest BCUT2D eigenvalue weighted by molar-refractivity contribution is -0.137. The number of benzene rings is 3. The summed E-state index contributed by atoms with van der Waals surface area (Å²) in [5, 5.41) is 2.22. The molecule has 0 saturated carbocycles. The minimum Gasteiger partial charge on any atom is -0.378 e. The number of rotatable bonds is 5. The lowest BCUT2D eigenvalue weighted by Crippen LogP contribution is -2.36. The van der Waals surface area contributed by atoms with Crippen molar-refractivity contribution in [1.29, 1.82) is 0 Å². The first kappa shape index (κ1) is 26.2. The Balaban J connectivity index is 1.43. The fourth-order valence-corrected chi connectivity index (χ4v) is 4.11. The first-order chi connectivity index (χ1) is 18.6. The highest BCUT2D eigenvalue weighted by Gasteiger charge is 2.31. The maximum atomic E-state index is 14.7. The summed E-state index contributed by atoms with van der Waals surface area (Å²) in [6, 6.07) is 9.48. The highest BCUT2D eigenvalue weighted by molar-refractivity contribution is 6.11. The van der Waals surface area contributed by atoms with Gasteiger partial charge in [0, 0.05) is 36.0 Å². The normalized spacial score (nSPS) is 13.9. The average Bonchev–Trinajstić information content (AvgIpc) is 2.94. The van der Waals surface area contributed by atoms with E-state index < -0.39 is 40.6 Å². The largest absolute Gasteiger partial charge is 0.416 e. The van der Waals surface area contributed by atoms with E-state index in [9.17, 15) is 31.5 Å². The Morgan fingerprint density at radius 1 is 0.923 bits per heavy atom. The minimum absolute atomic E-state index is 0.00409. The molecule has 3 aromatic carbocycles. The van der Waals surface area contributed by atoms with Crippen LogP contribution in [-0.4, -0.2) is 48.0 Å². The standard InChI is InChI=1S/C27H19F5N4O3/c28-20-13-18(34-26(38)16-2-1-3-17(10-16)27(30,31)32)12-19(24(20)29)25(37)15-4-5-21-22(11-15)35-23(14-33-21)36-6-8-39-9-7-36/h1-5,10-14H,6-9H2,(H,34,38). The Labute approximate surface area is 218 Å². The van der Waals surface area contributed by atoms with Crippen LogP contribution in [0.3, 0.4) is 0 Å². The molecule has 0 bridgehead atoms. The molecule has 1 fully saturated rings. The number of carbonyl (C=O) groups excluding carboxylic acids is 2. The van der Waals surface area contributed by atoms with Crippen molar-refractivity contribution in [2.75, 3.05) is 36.5 Å². The number of amides is 1. The predicted octanol–water partition coefficient (Wildman–Crippen LogP) is 5.25. The Morgan fingerprint density at radius 2 is 1.69 bits per heavy atom. The zero-order valence-corrected chi connectivity index (χ0v) is 20.1. The third-order valence-electron chi connectivity index (χ3n) is 6.11. The van der Waals surface area contributed by atoms with Gasteiger partial charge in [-0.1, -0.05) is 6.07 Å². The van der Waals surface area contributed by atoms with Gasteiger partial charge in [0.1, 0.15) is 5.82 Å². The van der Waals surface area contributed by atoms with Crippen LogP contribution in [0.15, 0.2) is 60.8 Å². The lowest BCUT2D eigenvalue weighted by Gasteiger charge is -2.27. The van der Waals surface area contributed by atoms with E-state index in [1.54, 1.807) is 6.20 Å². The third kappa shape index (κ3) is 5.55. The summed E-state index contributed by atoms with van der Waals surface area (Å²) in [6.45, 7) is 2.29. The third-order valence-corrected chi connectivity index (χ3v) is 6.11. The fraction of sp³-hybridized carbons (Fsp3) is 0.185. The number of halogens is 5. The first-order valence-corrected chi connectivity index (χ1v) is 11.7. The molecule has 5 rings (SSSR count). The van der Waals surface area contributed by atoms with Crippen molar-refractivity contribution in [3.05, 3.63) is 94.7 Å². The van der Waals surface area contributed by atoms with Crippen LogP contribution in [0.5, 0.6) is 0 Å². The summed E-state index contributed by atoms with van der Waals surface area (Å²) in [5.74, 6) is -4.17. The topological polar surface area (TPSA) is 84.4 Å². The number of hydrogen-bond acceptors (Lipinski definition) is 6. The second kappa shape index (κ2) is 10.4. The van der Waals surface area contributed by atoms with Gasteiger partial charge >= 0.3 is 6.18 Å². The van der Waals surface area contributed by atoms with Gasteiger partial charge in [-0.15, -0.1) is 0 Å². The van der Waals surface area contributed by atoms with Crippen molar-refractivity contribution in [2.24, 2.45) is 0 Å². The van der Waals surface area contributed by atoms with Crippen LogP contribution >= 0.6 is 0 Å². The number of fused-ring (bicyclic) bond motifs is 1. The molecule has 200 valence electrons. The number of ether oxygens (including phenoxy) is 1. The van der Waals surface area contributed by atoms with E-state index in [4.69, 9.17) is 4.74 Å². The molecule has 0 unspecified atom stereocenters. The highest BCUT2D eigenvalue weighted by atomic mass is 19.4. The number of nitrogens with one attached hydrogen (secondary N) is 1. The van der Waals surface area contributed by atoms with E-state index in [0.717, 1.165) is 24.3 Å². The summed E-state index contributed by atoms with van der Waals surface area (Å²) in [7, 11) is 0. The Kier molecular flexibility index (Phi) is 6.96. The van der Waals surface area contributed by atoms with Gasteiger partial charge in [0.2, 0.25) is 0 Å². The summed E-state index contributed by atoms with van der Waals surface area (Å²) < 4.78 is 73.5. The molecule has 1 saturated heterocycles. The van der Waals surface area contributed by atoms with Gasteiger partial charge < -0.3 is 15.0 Å². The molecule has 2 heterocycles. The molecule has 12 heteroatoms. The average molecular weight is 542 g/mol. The first-order valence-electron chi connectivity index (χ1n) is 11.7. The van der Waals surface area contributed by atoms with Crippen LogP contribution in [0.25, 0.3) is 11.0 Å². The number of ketones is 1. The summed E-state index contributed by atoms with van der Waals surface area (Å²) in [6.07, 6.45) is -3.08. The Hall–Kier alpha value is -4.45. The molecule has 39 heavy (non-hydrogen) atoms. The molecule has 0 spiro atoms. The molecular formula is C27H19F5N4O3. The number of nitrogens with zero attached hydrogens (tertiary/aromatic N) is 3. The van der Waals surface area contributed by atoms with E-state index in [1.165, 1.54) is 18.2 Å². The van der Waals surface area contributed by atoms with Crippen molar-refractivity contribution in [1.82, 2.24) is 9.97 Å². The molecule has 0 atom stereocenters. The second-order valence-corrected chi connectivity index (χ2v) is 8.71. The van der Waals surface area contributed by atoms with Crippen molar-refractivity contribution in [2.45, 2.75) is 6.18 Å². The number of aromatic nitrogens is 2. The molecule has 4 aromatic rings. The van der Waals surface area contributed by atoms with Crippen molar-refractivity contribution >= 4 is 34.2 Å². The van der Waals surface area contributed by atoms with Gasteiger partial charge in [-0.3, -0.25) is 14.6 Å². The maximum absolute atomic E-state index is 14.7. The molecule has 1 aromatic heterocycles. The van der Waals surface area contributed by atoms with Gasteiger partial charge in [-0.25, -0.2) is 13.8 Å². The number of hydrogen-bond donors (Lipinski definition) is 1. The summed E-state index contributed by atoms with van der Waals surface area (Å²) in [4.78, 5) is 36.6. The van der Waals surface area contributed by atoms with E-state index in [2.05, 4.69) is 15.3 Å². The maximum Gasteiger partial charge on any atom is 0.416 e. The molecule has 1 aliphatic heterocycles. The molecule has 0 aliphatic carbocycles. The van der Waals surface area contributed by atoms with Crippen molar-refractivity contribution < 1.29 is 36.3 Å². The van der Waals surface area contributed by atoms with Crippen LogP contribution in [0.4, 0.5) is 33.5 Å². The smallest absolute Gasteiger partial charge is 0.378 e. The van der Waals surface area contributed by atoms with E-state index in [-0.39, 0.29) is 16.8 Å². The van der Waals surface area contributed by atoms with Crippen LogP contribution in [-0.2, 0) is 10.9 Å². The van der Waals surface area contributed by atoms with Crippen molar-refractivity contribution in [3.8, 4) is 0 Å². The van der Waals surface area contributed by atoms with Crippen molar-refractivity contribution in [3.63, 3.8) is 0 Å². The number of carbonyl (C=O) groups is 2. The lowest BCUT2D eigenvalue weighted by atomic mass is 10.0. The molecule has 7 nitrogen and oxygen atoms in total.